The SMILES string of the molecule is Cc1ccc(-c2csc(NC(=O)CCCNC(=O)c3ccco3)n2)cc1. The largest absolute Gasteiger partial charge is 0.459 e. The molecule has 0 radical (unpaired) electrons. The maximum absolute atomic E-state index is 12.0. The summed E-state index contributed by atoms with van der Waals surface area (Å²) in [6.45, 7) is 2.44. The fraction of sp³-hybridized carbons (Fsp3) is 0.211. The zero-order chi connectivity index (χ0) is 18.4. The highest BCUT2D eigenvalue weighted by Gasteiger charge is 2.10. The second-order valence-corrected chi connectivity index (χ2v) is 6.65. The van der Waals surface area contributed by atoms with Crippen LogP contribution in [0.15, 0.2) is 52.5 Å². The predicted octanol–water partition coefficient (Wildman–Crippen LogP) is 3.86. The lowest BCUT2D eigenvalue weighted by Gasteiger charge is -2.03. The molecule has 134 valence electrons. The third-order valence-electron chi connectivity index (χ3n) is 3.71. The zero-order valence-corrected chi connectivity index (χ0v) is 15.1. The van der Waals surface area contributed by atoms with E-state index in [1.54, 1.807) is 12.1 Å². The number of carbonyl (C=O) groups excluding carboxylic acids is 2. The van der Waals surface area contributed by atoms with Crippen molar-refractivity contribution in [3.63, 3.8) is 0 Å². The van der Waals surface area contributed by atoms with E-state index in [-0.39, 0.29) is 17.6 Å². The van der Waals surface area contributed by atoms with Gasteiger partial charge in [-0.2, -0.15) is 0 Å². The summed E-state index contributed by atoms with van der Waals surface area (Å²) in [5, 5.41) is 8.00. The van der Waals surface area contributed by atoms with Gasteiger partial charge in [0.05, 0.1) is 12.0 Å². The third kappa shape index (κ3) is 4.80. The Morgan fingerprint density at radius 2 is 2.00 bits per heavy atom. The molecule has 1 aromatic carbocycles. The Hall–Kier alpha value is -2.93. The van der Waals surface area contributed by atoms with Gasteiger partial charge in [-0.15, -0.1) is 11.3 Å². The van der Waals surface area contributed by atoms with Crippen molar-refractivity contribution in [3.8, 4) is 11.3 Å². The summed E-state index contributed by atoms with van der Waals surface area (Å²) in [5.41, 5.74) is 3.06. The van der Waals surface area contributed by atoms with Gasteiger partial charge < -0.3 is 15.1 Å². The fourth-order valence-corrected chi connectivity index (χ4v) is 3.05. The van der Waals surface area contributed by atoms with Crippen LogP contribution in [0.1, 0.15) is 29.0 Å². The van der Waals surface area contributed by atoms with E-state index in [0.717, 1.165) is 11.3 Å². The van der Waals surface area contributed by atoms with Gasteiger partial charge in [-0.25, -0.2) is 4.98 Å². The molecule has 7 heteroatoms. The van der Waals surface area contributed by atoms with E-state index in [9.17, 15) is 9.59 Å². The summed E-state index contributed by atoms with van der Waals surface area (Å²) in [6, 6.07) is 11.3. The number of nitrogens with zero attached hydrogens (tertiary/aromatic N) is 1. The number of aryl methyl sites for hydroxylation is 1. The zero-order valence-electron chi connectivity index (χ0n) is 14.3. The van der Waals surface area contributed by atoms with Crippen LogP contribution < -0.4 is 10.6 Å². The maximum Gasteiger partial charge on any atom is 0.286 e. The minimum atomic E-state index is -0.280. The molecule has 2 heterocycles. The number of thiazole rings is 1. The van der Waals surface area contributed by atoms with E-state index >= 15 is 0 Å². The molecule has 6 nitrogen and oxygen atoms in total. The molecular formula is C19H19N3O3S. The van der Waals surface area contributed by atoms with Crippen LogP contribution in [-0.4, -0.2) is 23.3 Å². The smallest absolute Gasteiger partial charge is 0.286 e. The summed E-state index contributed by atoms with van der Waals surface area (Å²) in [6.07, 6.45) is 2.29. The highest BCUT2D eigenvalue weighted by atomic mass is 32.1. The van der Waals surface area contributed by atoms with Crippen LogP contribution >= 0.6 is 11.3 Å². The molecule has 0 fully saturated rings. The van der Waals surface area contributed by atoms with E-state index in [2.05, 4.69) is 15.6 Å². The molecule has 0 aliphatic rings. The van der Waals surface area contributed by atoms with Crippen molar-refractivity contribution in [2.45, 2.75) is 19.8 Å². The molecular weight excluding hydrogens is 350 g/mol. The molecule has 3 aromatic rings. The number of carbonyl (C=O) groups is 2. The van der Waals surface area contributed by atoms with Gasteiger partial charge in [0, 0.05) is 23.9 Å². The Morgan fingerprint density at radius 1 is 1.19 bits per heavy atom. The summed E-state index contributed by atoms with van der Waals surface area (Å²) >= 11 is 1.39. The highest BCUT2D eigenvalue weighted by Crippen LogP contribution is 2.25. The molecule has 0 aliphatic heterocycles. The minimum Gasteiger partial charge on any atom is -0.459 e. The number of hydrogen-bond donors (Lipinski definition) is 2. The van der Waals surface area contributed by atoms with Crippen molar-refractivity contribution >= 4 is 28.3 Å². The summed E-state index contributed by atoms with van der Waals surface area (Å²) < 4.78 is 5.00. The first-order chi connectivity index (χ1) is 12.6. The van der Waals surface area contributed by atoms with Gasteiger partial charge in [0.1, 0.15) is 0 Å². The molecule has 0 saturated heterocycles. The molecule has 0 aliphatic carbocycles. The highest BCUT2D eigenvalue weighted by molar-refractivity contribution is 7.14. The molecule has 2 aromatic heterocycles. The second-order valence-electron chi connectivity index (χ2n) is 5.79. The number of aromatic nitrogens is 1. The standard InChI is InChI=1S/C19H19N3O3S/c1-13-6-8-14(9-7-13)15-12-26-19(21-15)22-17(23)5-2-10-20-18(24)16-4-3-11-25-16/h3-4,6-9,11-12H,2,5,10H2,1H3,(H,20,24)(H,21,22,23). The van der Waals surface area contributed by atoms with Gasteiger partial charge in [0.25, 0.3) is 5.91 Å². The Kier molecular flexibility index (Phi) is 5.80. The number of hydrogen-bond acceptors (Lipinski definition) is 5. The van der Waals surface area contributed by atoms with Gasteiger partial charge in [0.2, 0.25) is 5.91 Å². The van der Waals surface area contributed by atoms with Crippen LogP contribution in [0.3, 0.4) is 0 Å². The second kappa shape index (κ2) is 8.44. The van der Waals surface area contributed by atoms with Crippen molar-refractivity contribution in [2.75, 3.05) is 11.9 Å². The first-order valence-electron chi connectivity index (χ1n) is 8.26. The molecule has 0 atom stereocenters. The molecule has 0 bridgehead atoms. The monoisotopic (exact) mass is 369 g/mol. The van der Waals surface area contributed by atoms with Crippen molar-refractivity contribution in [1.82, 2.24) is 10.3 Å². The van der Waals surface area contributed by atoms with E-state index in [4.69, 9.17) is 4.42 Å². The Bertz CT molecular complexity index is 870. The average molecular weight is 369 g/mol. The molecule has 3 rings (SSSR count). The minimum absolute atomic E-state index is 0.123. The fourth-order valence-electron chi connectivity index (χ4n) is 2.32. The van der Waals surface area contributed by atoms with E-state index in [1.807, 2.05) is 36.6 Å². The molecule has 26 heavy (non-hydrogen) atoms. The van der Waals surface area contributed by atoms with E-state index < -0.39 is 0 Å². The first-order valence-corrected chi connectivity index (χ1v) is 9.14. The van der Waals surface area contributed by atoms with Gasteiger partial charge in [0.15, 0.2) is 10.9 Å². The van der Waals surface area contributed by atoms with Crippen LogP contribution in [-0.2, 0) is 4.79 Å². The number of rotatable bonds is 7. The lowest BCUT2D eigenvalue weighted by Crippen LogP contribution is -2.25. The summed E-state index contributed by atoms with van der Waals surface area (Å²) in [7, 11) is 0. The van der Waals surface area contributed by atoms with Crippen molar-refractivity contribution in [1.29, 1.82) is 0 Å². The van der Waals surface area contributed by atoms with Crippen LogP contribution in [0.25, 0.3) is 11.3 Å². The normalized spacial score (nSPS) is 10.5. The van der Waals surface area contributed by atoms with Gasteiger partial charge in [-0.05, 0) is 25.5 Å². The lowest BCUT2D eigenvalue weighted by atomic mass is 10.1. The number of anilines is 1. The van der Waals surface area contributed by atoms with Crippen LogP contribution in [0, 0.1) is 6.92 Å². The van der Waals surface area contributed by atoms with Crippen molar-refractivity contribution in [2.24, 2.45) is 0 Å². The van der Waals surface area contributed by atoms with Crippen molar-refractivity contribution in [3.05, 3.63) is 59.4 Å². The molecule has 0 saturated carbocycles. The van der Waals surface area contributed by atoms with Crippen LogP contribution in [0.5, 0.6) is 0 Å². The Morgan fingerprint density at radius 3 is 2.73 bits per heavy atom. The average Bonchev–Trinajstić information content (AvgIpc) is 3.31. The summed E-state index contributed by atoms with van der Waals surface area (Å²) in [5.74, 6) is -0.138. The maximum atomic E-state index is 12.0. The lowest BCUT2D eigenvalue weighted by molar-refractivity contribution is -0.116. The Labute approximate surface area is 155 Å². The molecule has 0 unspecified atom stereocenters. The van der Waals surface area contributed by atoms with E-state index in [0.29, 0.717) is 24.5 Å². The predicted molar refractivity (Wildman–Crippen MR) is 101 cm³/mol. The molecule has 0 spiro atoms. The number of furan rings is 1. The van der Waals surface area contributed by atoms with Crippen LogP contribution in [0.2, 0.25) is 0 Å². The molecule has 2 amide bonds. The van der Waals surface area contributed by atoms with Gasteiger partial charge >= 0.3 is 0 Å². The number of nitrogens with one attached hydrogen (secondary N) is 2. The topological polar surface area (TPSA) is 84.2 Å². The van der Waals surface area contributed by atoms with Gasteiger partial charge in [-0.1, -0.05) is 29.8 Å². The molecule has 2 N–H and O–H groups in total. The Balaban J connectivity index is 1.42. The van der Waals surface area contributed by atoms with E-state index in [1.165, 1.54) is 23.2 Å². The van der Waals surface area contributed by atoms with Crippen LogP contribution in [0.4, 0.5) is 5.13 Å². The first kappa shape index (κ1) is 17.9. The van der Waals surface area contributed by atoms with Crippen molar-refractivity contribution < 1.29 is 14.0 Å². The van der Waals surface area contributed by atoms with Gasteiger partial charge in [-0.3, -0.25) is 9.59 Å². The number of benzene rings is 1. The number of amides is 2. The third-order valence-corrected chi connectivity index (χ3v) is 4.47. The quantitative estimate of drug-likeness (QED) is 0.620. The summed E-state index contributed by atoms with van der Waals surface area (Å²) in [4.78, 5) is 28.1.